The van der Waals surface area contributed by atoms with Crippen LogP contribution in [0.15, 0.2) is 18.2 Å². The highest BCUT2D eigenvalue weighted by Crippen LogP contribution is 2.22. The molecule has 5 heteroatoms. The molecule has 5 nitrogen and oxygen atoms in total. The molecule has 98 valence electrons. The normalized spacial score (nSPS) is 9.89. The number of hydrogen-bond donors (Lipinski definition) is 1. The van der Waals surface area contributed by atoms with Gasteiger partial charge in [0.25, 0.3) is 0 Å². The summed E-state index contributed by atoms with van der Waals surface area (Å²) in [6.45, 7) is 4.27. The molecule has 0 spiro atoms. The lowest BCUT2D eigenvalue weighted by Gasteiger charge is -2.10. The molecule has 0 aliphatic carbocycles. The lowest BCUT2D eigenvalue weighted by Crippen LogP contribution is -2.14. The van der Waals surface area contributed by atoms with Gasteiger partial charge in [-0.1, -0.05) is 6.07 Å². The van der Waals surface area contributed by atoms with E-state index in [4.69, 9.17) is 15.2 Å². The predicted octanol–water partition coefficient (Wildman–Crippen LogP) is 1.29. The van der Waals surface area contributed by atoms with Gasteiger partial charge < -0.3 is 15.2 Å². The van der Waals surface area contributed by atoms with Gasteiger partial charge in [0, 0.05) is 0 Å². The highest BCUT2D eigenvalue weighted by atomic mass is 16.5. The van der Waals surface area contributed by atoms with Crippen LogP contribution in [0.1, 0.15) is 29.8 Å². The molecule has 0 heterocycles. The number of primary amides is 1. The van der Waals surface area contributed by atoms with E-state index in [2.05, 4.69) is 0 Å². The third-order valence-electron chi connectivity index (χ3n) is 2.22. The molecule has 0 aromatic heterocycles. The van der Waals surface area contributed by atoms with Crippen LogP contribution in [0.3, 0.4) is 0 Å². The Hall–Kier alpha value is -2.04. The van der Waals surface area contributed by atoms with Gasteiger partial charge in [0.05, 0.1) is 19.6 Å². The Kier molecular flexibility index (Phi) is 5.17. The SMILES string of the molecule is CCOC(=O)c1ccc(CC(N)=O)cc1OCC. The van der Waals surface area contributed by atoms with E-state index in [9.17, 15) is 9.59 Å². The molecule has 1 aromatic rings. The van der Waals surface area contributed by atoms with Crippen LogP contribution in [0.25, 0.3) is 0 Å². The topological polar surface area (TPSA) is 78.6 Å². The molecule has 0 fully saturated rings. The number of carbonyl (C=O) groups is 2. The van der Waals surface area contributed by atoms with E-state index in [-0.39, 0.29) is 6.42 Å². The van der Waals surface area contributed by atoms with Crippen LogP contribution in [0.2, 0.25) is 0 Å². The molecule has 1 rings (SSSR count). The minimum atomic E-state index is -0.438. The van der Waals surface area contributed by atoms with E-state index in [1.165, 1.54) is 0 Å². The third-order valence-corrected chi connectivity index (χ3v) is 2.22. The Balaban J connectivity index is 3.03. The van der Waals surface area contributed by atoms with E-state index < -0.39 is 11.9 Å². The standard InChI is InChI=1S/C13H17NO4/c1-3-17-11-7-9(8-12(14)15)5-6-10(11)13(16)18-4-2/h5-7H,3-4,8H2,1-2H3,(H2,14,15). The molecule has 0 aliphatic heterocycles. The van der Waals surface area contributed by atoms with Crippen LogP contribution >= 0.6 is 0 Å². The van der Waals surface area contributed by atoms with E-state index in [1.54, 1.807) is 25.1 Å². The molecule has 1 amide bonds. The van der Waals surface area contributed by atoms with E-state index in [0.29, 0.717) is 30.1 Å². The van der Waals surface area contributed by atoms with Crippen LogP contribution in [0.5, 0.6) is 5.75 Å². The monoisotopic (exact) mass is 251 g/mol. The molecule has 0 saturated carbocycles. The second kappa shape index (κ2) is 6.64. The lowest BCUT2D eigenvalue weighted by molar-refractivity contribution is -0.117. The van der Waals surface area contributed by atoms with Gasteiger partial charge in [-0.2, -0.15) is 0 Å². The van der Waals surface area contributed by atoms with Crippen LogP contribution in [0.4, 0.5) is 0 Å². The molecule has 0 atom stereocenters. The number of nitrogens with two attached hydrogens (primary N) is 1. The molecule has 0 unspecified atom stereocenters. The highest BCUT2D eigenvalue weighted by Gasteiger charge is 2.14. The molecule has 0 bridgehead atoms. The van der Waals surface area contributed by atoms with Crippen molar-refractivity contribution < 1.29 is 19.1 Å². The van der Waals surface area contributed by atoms with Crippen molar-refractivity contribution >= 4 is 11.9 Å². The number of benzene rings is 1. The fraction of sp³-hybridized carbons (Fsp3) is 0.385. The number of esters is 1. The fourth-order valence-corrected chi connectivity index (χ4v) is 1.53. The van der Waals surface area contributed by atoms with Crippen molar-refractivity contribution in [2.75, 3.05) is 13.2 Å². The fourth-order valence-electron chi connectivity index (χ4n) is 1.53. The first-order chi connectivity index (χ1) is 8.58. The van der Waals surface area contributed by atoms with E-state index in [0.717, 1.165) is 0 Å². The summed E-state index contributed by atoms with van der Waals surface area (Å²) in [5.41, 5.74) is 6.18. The Morgan fingerprint density at radius 2 is 1.94 bits per heavy atom. The zero-order chi connectivity index (χ0) is 13.5. The summed E-state index contributed by atoms with van der Waals surface area (Å²) in [6.07, 6.45) is 0.114. The molecule has 0 radical (unpaired) electrons. The molecular formula is C13H17NO4. The summed E-state index contributed by atoms with van der Waals surface area (Å²) in [4.78, 5) is 22.5. The van der Waals surface area contributed by atoms with E-state index >= 15 is 0 Å². The van der Waals surface area contributed by atoms with Crippen LogP contribution in [-0.4, -0.2) is 25.1 Å². The van der Waals surface area contributed by atoms with Gasteiger partial charge in [0.15, 0.2) is 0 Å². The first-order valence-electron chi connectivity index (χ1n) is 5.79. The lowest BCUT2D eigenvalue weighted by atomic mass is 10.1. The zero-order valence-corrected chi connectivity index (χ0v) is 10.6. The number of rotatable bonds is 6. The summed E-state index contributed by atoms with van der Waals surface area (Å²) in [5, 5.41) is 0. The van der Waals surface area contributed by atoms with Crippen LogP contribution < -0.4 is 10.5 Å². The first kappa shape index (κ1) is 14.0. The van der Waals surface area contributed by atoms with Gasteiger partial charge in [0.1, 0.15) is 11.3 Å². The Morgan fingerprint density at radius 1 is 1.22 bits per heavy atom. The smallest absolute Gasteiger partial charge is 0.341 e. The number of hydrogen-bond acceptors (Lipinski definition) is 4. The summed E-state index contributed by atoms with van der Waals surface area (Å²) in [5.74, 6) is -0.456. The van der Waals surface area contributed by atoms with Crippen LogP contribution in [-0.2, 0) is 16.0 Å². The van der Waals surface area contributed by atoms with Crippen LogP contribution in [0, 0.1) is 0 Å². The highest BCUT2D eigenvalue weighted by molar-refractivity contribution is 5.92. The molecule has 0 aliphatic rings. The summed E-state index contributed by atoms with van der Waals surface area (Å²) >= 11 is 0. The maximum atomic E-state index is 11.7. The predicted molar refractivity (Wildman–Crippen MR) is 66.5 cm³/mol. The Bertz CT molecular complexity index is 443. The van der Waals surface area contributed by atoms with Gasteiger partial charge >= 0.3 is 5.97 Å². The average Bonchev–Trinajstić information content (AvgIpc) is 2.29. The van der Waals surface area contributed by atoms with Crippen molar-refractivity contribution in [2.45, 2.75) is 20.3 Å². The van der Waals surface area contributed by atoms with Gasteiger partial charge in [-0.05, 0) is 31.5 Å². The van der Waals surface area contributed by atoms with Gasteiger partial charge in [-0.15, -0.1) is 0 Å². The maximum Gasteiger partial charge on any atom is 0.341 e. The van der Waals surface area contributed by atoms with Crippen molar-refractivity contribution in [3.8, 4) is 5.75 Å². The zero-order valence-electron chi connectivity index (χ0n) is 10.6. The summed E-state index contributed by atoms with van der Waals surface area (Å²) in [6, 6.07) is 4.89. The van der Waals surface area contributed by atoms with Gasteiger partial charge in [0.2, 0.25) is 5.91 Å². The molecule has 2 N–H and O–H groups in total. The largest absolute Gasteiger partial charge is 0.493 e. The van der Waals surface area contributed by atoms with E-state index in [1.807, 2.05) is 6.92 Å². The number of carbonyl (C=O) groups excluding carboxylic acids is 2. The molecular weight excluding hydrogens is 234 g/mol. The Morgan fingerprint density at radius 3 is 2.50 bits per heavy atom. The summed E-state index contributed by atoms with van der Waals surface area (Å²) in [7, 11) is 0. The van der Waals surface area contributed by atoms with Gasteiger partial charge in [-0.25, -0.2) is 4.79 Å². The minimum absolute atomic E-state index is 0.114. The van der Waals surface area contributed by atoms with Crippen molar-refractivity contribution in [3.05, 3.63) is 29.3 Å². The number of amides is 1. The minimum Gasteiger partial charge on any atom is -0.493 e. The van der Waals surface area contributed by atoms with Crippen molar-refractivity contribution in [2.24, 2.45) is 5.73 Å². The molecule has 0 saturated heterocycles. The maximum absolute atomic E-state index is 11.7. The first-order valence-corrected chi connectivity index (χ1v) is 5.79. The second-order valence-corrected chi connectivity index (χ2v) is 3.63. The van der Waals surface area contributed by atoms with Crippen molar-refractivity contribution in [1.82, 2.24) is 0 Å². The van der Waals surface area contributed by atoms with Crippen molar-refractivity contribution in [3.63, 3.8) is 0 Å². The average molecular weight is 251 g/mol. The summed E-state index contributed by atoms with van der Waals surface area (Å²) < 4.78 is 10.3. The Labute approximate surface area is 106 Å². The van der Waals surface area contributed by atoms with Crippen molar-refractivity contribution in [1.29, 1.82) is 0 Å². The quantitative estimate of drug-likeness (QED) is 0.773. The third kappa shape index (κ3) is 3.76. The number of ether oxygens (including phenoxy) is 2. The van der Waals surface area contributed by atoms with Gasteiger partial charge in [-0.3, -0.25) is 4.79 Å². The molecule has 1 aromatic carbocycles. The molecule has 18 heavy (non-hydrogen) atoms. The second-order valence-electron chi connectivity index (χ2n) is 3.63.